The predicted octanol–water partition coefficient (Wildman–Crippen LogP) is 3.39. The van der Waals surface area contributed by atoms with Crippen molar-refractivity contribution in [3.63, 3.8) is 0 Å². The van der Waals surface area contributed by atoms with Gasteiger partial charge < -0.3 is 5.32 Å². The first-order valence-corrected chi connectivity index (χ1v) is 9.45. The van der Waals surface area contributed by atoms with Gasteiger partial charge in [-0.3, -0.25) is 18.7 Å². The molecule has 0 saturated heterocycles. The highest BCUT2D eigenvalue weighted by Gasteiger charge is 2.18. The van der Waals surface area contributed by atoms with E-state index in [0.717, 1.165) is 16.8 Å². The van der Waals surface area contributed by atoms with Gasteiger partial charge in [0.25, 0.3) is 5.56 Å². The van der Waals surface area contributed by atoms with E-state index in [-0.39, 0.29) is 24.1 Å². The van der Waals surface area contributed by atoms with Crippen molar-refractivity contribution in [1.82, 2.24) is 9.13 Å². The monoisotopic (exact) mass is 379 g/mol. The molecule has 1 heterocycles. The van der Waals surface area contributed by atoms with Gasteiger partial charge in [-0.1, -0.05) is 37.3 Å². The van der Waals surface area contributed by atoms with Gasteiger partial charge in [0, 0.05) is 11.7 Å². The van der Waals surface area contributed by atoms with Crippen LogP contribution in [0.1, 0.15) is 37.4 Å². The Morgan fingerprint density at radius 1 is 1.04 bits per heavy atom. The van der Waals surface area contributed by atoms with Gasteiger partial charge in [-0.05, 0) is 50.5 Å². The van der Waals surface area contributed by atoms with Crippen molar-refractivity contribution in [3.05, 3.63) is 74.4 Å². The van der Waals surface area contributed by atoms with Crippen LogP contribution in [-0.4, -0.2) is 15.0 Å². The quantitative estimate of drug-likeness (QED) is 0.738. The lowest BCUT2D eigenvalue weighted by Gasteiger charge is -2.18. The largest absolute Gasteiger partial charge is 0.332 e. The number of anilines is 1. The molecule has 6 nitrogen and oxygen atoms in total. The van der Waals surface area contributed by atoms with Gasteiger partial charge in [-0.2, -0.15) is 0 Å². The molecule has 1 aromatic heterocycles. The standard InChI is InChI=1S/C22H25N3O3/c1-5-16(4)25-21(27)17-11-6-7-12-18(17)24(22(25)28)13-19(26)23-20-14(2)9-8-10-15(20)3/h6-12,16H,5,13H2,1-4H3,(H,23,26)/t16-/m1/s1. The average Bonchev–Trinajstić information content (AvgIpc) is 2.68. The van der Waals surface area contributed by atoms with Gasteiger partial charge in [0.05, 0.1) is 10.9 Å². The van der Waals surface area contributed by atoms with Gasteiger partial charge in [-0.15, -0.1) is 0 Å². The predicted molar refractivity (Wildman–Crippen MR) is 112 cm³/mol. The van der Waals surface area contributed by atoms with Crippen LogP contribution in [0.25, 0.3) is 10.9 Å². The fourth-order valence-electron chi connectivity index (χ4n) is 3.40. The molecule has 28 heavy (non-hydrogen) atoms. The number of amides is 1. The fourth-order valence-corrected chi connectivity index (χ4v) is 3.40. The van der Waals surface area contributed by atoms with E-state index in [0.29, 0.717) is 17.3 Å². The van der Waals surface area contributed by atoms with Crippen LogP contribution in [0.15, 0.2) is 52.1 Å². The van der Waals surface area contributed by atoms with Gasteiger partial charge in [-0.25, -0.2) is 4.79 Å². The third-order valence-corrected chi connectivity index (χ3v) is 5.16. The van der Waals surface area contributed by atoms with Gasteiger partial charge in [0.1, 0.15) is 6.54 Å². The number of rotatable bonds is 5. The number of carbonyl (C=O) groups is 1. The van der Waals surface area contributed by atoms with E-state index in [1.54, 1.807) is 24.3 Å². The van der Waals surface area contributed by atoms with E-state index in [4.69, 9.17) is 0 Å². The zero-order valence-corrected chi connectivity index (χ0v) is 16.7. The maximum atomic E-state index is 13.1. The topological polar surface area (TPSA) is 73.1 Å². The van der Waals surface area contributed by atoms with Crippen molar-refractivity contribution >= 4 is 22.5 Å². The molecule has 0 bridgehead atoms. The van der Waals surface area contributed by atoms with Crippen LogP contribution in [0.3, 0.4) is 0 Å². The second-order valence-electron chi connectivity index (χ2n) is 7.13. The molecule has 0 aliphatic rings. The minimum atomic E-state index is -0.463. The number of nitrogens with zero attached hydrogens (tertiary/aromatic N) is 2. The van der Waals surface area contributed by atoms with Gasteiger partial charge in [0.15, 0.2) is 0 Å². The summed E-state index contributed by atoms with van der Waals surface area (Å²) in [5.41, 5.74) is 2.34. The summed E-state index contributed by atoms with van der Waals surface area (Å²) in [6.45, 7) is 7.44. The molecule has 0 unspecified atom stereocenters. The van der Waals surface area contributed by atoms with Crippen molar-refractivity contribution in [2.24, 2.45) is 0 Å². The van der Waals surface area contributed by atoms with E-state index in [9.17, 15) is 14.4 Å². The minimum Gasteiger partial charge on any atom is -0.324 e. The fraction of sp³-hybridized carbons (Fsp3) is 0.318. The van der Waals surface area contributed by atoms with Gasteiger partial charge >= 0.3 is 5.69 Å². The Morgan fingerprint density at radius 2 is 1.68 bits per heavy atom. The highest BCUT2D eigenvalue weighted by Crippen LogP contribution is 2.19. The summed E-state index contributed by atoms with van der Waals surface area (Å²) in [5.74, 6) is -0.306. The van der Waals surface area contributed by atoms with E-state index < -0.39 is 5.69 Å². The zero-order valence-electron chi connectivity index (χ0n) is 16.7. The summed E-state index contributed by atoms with van der Waals surface area (Å²) in [6, 6.07) is 12.4. The Balaban J connectivity index is 2.09. The van der Waals surface area contributed by atoms with Gasteiger partial charge in [0.2, 0.25) is 5.91 Å². The Bertz CT molecular complexity index is 1140. The van der Waals surface area contributed by atoms with Crippen molar-refractivity contribution in [1.29, 1.82) is 0 Å². The zero-order chi connectivity index (χ0) is 20.4. The number of benzene rings is 2. The molecule has 3 rings (SSSR count). The molecule has 1 atom stereocenters. The van der Waals surface area contributed by atoms with E-state index in [1.807, 2.05) is 45.9 Å². The number of aryl methyl sites for hydroxylation is 2. The molecule has 0 radical (unpaired) electrons. The lowest BCUT2D eigenvalue weighted by Crippen LogP contribution is -2.43. The molecule has 2 aromatic carbocycles. The summed E-state index contributed by atoms with van der Waals surface area (Å²) >= 11 is 0. The molecule has 3 aromatic rings. The Hall–Kier alpha value is -3.15. The van der Waals surface area contributed by atoms with Crippen LogP contribution < -0.4 is 16.6 Å². The average molecular weight is 379 g/mol. The van der Waals surface area contributed by atoms with Crippen LogP contribution >= 0.6 is 0 Å². The molecular formula is C22H25N3O3. The molecular weight excluding hydrogens is 354 g/mol. The number of hydrogen-bond acceptors (Lipinski definition) is 3. The molecule has 0 saturated carbocycles. The Morgan fingerprint density at radius 3 is 2.32 bits per heavy atom. The van der Waals surface area contributed by atoms with Crippen LogP contribution in [0.2, 0.25) is 0 Å². The van der Waals surface area contributed by atoms with Crippen LogP contribution in [0.4, 0.5) is 5.69 Å². The number of fused-ring (bicyclic) bond motifs is 1. The number of hydrogen-bond donors (Lipinski definition) is 1. The van der Waals surface area contributed by atoms with E-state index in [2.05, 4.69) is 5.32 Å². The summed E-state index contributed by atoms with van der Waals surface area (Å²) < 4.78 is 2.63. The third-order valence-electron chi connectivity index (χ3n) is 5.16. The first-order valence-electron chi connectivity index (χ1n) is 9.45. The third kappa shape index (κ3) is 3.50. The number of aromatic nitrogens is 2. The highest BCUT2D eigenvalue weighted by atomic mass is 16.2. The maximum Gasteiger partial charge on any atom is 0.332 e. The molecule has 1 N–H and O–H groups in total. The lowest BCUT2D eigenvalue weighted by molar-refractivity contribution is -0.116. The SMILES string of the molecule is CC[C@@H](C)n1c(=O)c2ccccc2n(CC(=O)Nc2c(C)cccc2C)c1=O. The number of para-hydroxylation sites is 2. The number of nitrogens with one attached hydrogen (secondary N) is 1. The number of carbonyl (C=O) groups excluding carboxylic acids is 1. The molecule has 0 aliphatic carbocycles. The Kier molecular flexibility index (Phi) is 5.49. The molecule has 1 amide bonds. The first kappa shape index (κ1) is 19.6. The minimum absolute atomic E-state index is 0.163. The van der Waals surface area contributed by atoms with Crippen molar-refractivity contribution in [3.8, 4) is 0 Å². The van der Waals surface area contributed by atoms with Crippen molar-refractivity contribution < 1.29 is 4.79 Å². The molecule has 0 spiro atoms. The summed E-state index contributed by atoms with van der Waals surface area (Å²) in [5, 5.41) is 3.34. The summed E-state index contributed by atoms with van der Waals surface area (Å²) in [6.07, 6.45) is 0.641. The van der Waals surface area contributed by atoms with E-state index in [1.165, 1.54) is 9.13 Å². The maximum absolute atomic E-state index is 13.1. The second kappa shape index (κ2) is 7.84. The first-order chi connectivity index (χ1) is 13.3. The second-order valence-corrected chi connectivity index (χ2v) is 7.13. The molecule has 6 heteroatoms. The Labute approximate surface area is 163 Å². The summed E-state index contributed by atoms with van der Waals surface area (Å²) in [7, 11) is 0. The van der Waals surface area contributed by atoms with Crippen LogP contribution in [-0.2, 0) is 11.3 Å². The summed E-state index contributed by atoms with van der Waals surface area (Å²) in [4.78, 5) is 38.6. The van der Waals surface area contributed by atoms with Crippen LogP contribution in [0, 0.1) is 13.8 Å². The normalized spacial score (nSPS) is 12.1. The molecule has 0 fully saturated rings. The molecule has 146 valence electrons. The highest BCUT2D eigenvalue weighted by molar-refractivity contribution is 5.93. The lowest BCUT2D eigenvalue weighted by atomic mass is 10.1. The van der Waals surface area contributed by atoms with Crippen LogP contribution in [0.5, 0.6) is 0 Å². The van der Waals surface area contributed by atoms with Crippen molar-refractivity contribution in [2.75, 3.05) is 5.32 Å². The van der Waals surface area contributed by atoms with E-state index >= 15 is 0 Å². The van der Waals surface area contributed by atoms with Crippen molar-refractivity contribution in [2.45, 2.75) is 46.7 Å². The smallest absolute Gasteiger partial charge is 0.324 e. The molecule has 0 aliphatic heterocycles.